The predicted octanol–water partition coefficient (Wildman–Crippen LogP) is 5.15. The minimum Gasteiger partial charge on any atom is -0.488 e. The van der Waals surface area contributed by atoms with Crippen LogP contribution in [0.3, 0.4) is 0 Å². The van der Waals surface area contributed by atoms with Crippen LogP contribution >= 0.6 is 27.3 Å². The first kappa shape index (κ1) is 29.2. The topological polar surface area (TPSA) is 107 Å². The number of ether oxygens (including phenoxy) is 2. The Hall–Kier alpha value is -4.28. The third kappa shape index (κ3) is 6.00. The number of aromatic carboxylic acids is 1. The zero-order chi connectivity index (χ0) is 30.0. The van der Waals surface area contributed by atoms with Crippen molar-refractivity contribution in [3.8, 4) is 5.75 Å². The minimum atomic E-state index is -0.978. The third-order valence-corrected chi connectivity index (χ3v) is 8.36. The summed E-state index contributed by atoms with van der Waals surface area (Å²) in [5.41, 5.74) is 4.31. The van der Waals surface area contributed by atoms with Crippen molar-refractivity contribution in [1.29, 1.82) is 0 Å². The van der Waals surface area contributed by atoms with E-state index in [1.807, 2.05) is 43.3 Å². The van der Waals surface area contributed by atoms with Gasteiger partial charge in [-0.3, -0.25) is 9.36 Å². The van der Waals surface area contributed by atoms with Crippen molar-refractivity contribution in [2.24, 2.45) is 4.99 Å². The van der Waals surface area contributed by atoms with Gasteiger partial charge in [-0.05, 0) is 83.7 Å². The molecule has 0 spiro atoms. The molecule has 0 fully saturated rings. The summed E-state index contributed by atoms with van der Waals surface area (Å²) >= 11 is 4.82. The highest BCUT2D eigenvalue weighted by Crippen LogP contribution is 2.31. The number of thiazole rings is 1. The molecule has 0 bridgehead atoms. The molecule has 1 atom stereocenters. The van der Waals surface area contributed by atoms with Crippen molar-refractivity contribution in [1.82, 2.24) is 4.57 Å². The van der Waals surface area contributed by atoms with Gasteiger partial charge < -0.3 is 14.6 Å². The molecule has 42 heavy (non-hydrogen) atoms. The number of carbonyl (C=O) groups excluding carboxylic acids is 1. The average molecular weight is 648 g/mol. The van der Waals surface area contributed by atoms with Crippen LogP contribution in [0.5, 0.6) is 5.75 Å². The number of esters is 1. The van der Waals surface area contributed by atoms with Crippen molar-refractivity contribution >= 4 is 45.3 Å². The molecule has 8 nitrogen and oxygen atoms in total. The second-order valence-corrected chi connectivity index (χ2v) is 11.6. The highest BCUT2D eigenvalue weighted by molar-refractivity contribution is 9.10. The molecular weight excluding hydrogens is 620 g/mol. The number of carbonyl (C=O) groups is 2. The van der Waals surface area contributed by atoms with Crippen LogP contribution in [0.15, 0.2) is 92.3 Å². The van der Waals surface area contributed by atoms with E-state index < -0.39 is 18.0 Å². The van der Waals surface area contributed by atoms with Gasteiger partial charge in [0.25, 0.3) is 5.56 Å². The number of benzene rings is 3. The number of allylic oxidation sites excluding steroid dienone is 1. The third-order valence-electron chi connectivity index (χ3n) is 6.76. The molecule has 10 heteroatoms. The molecule has 5 rings (SSSR count). The molecule has 4 aromatic rings. The van der Waals surface area contributed by atoms with Crippen LogP contribution in [0.2, 0.25) is 0 Å². The monoisotopic (exact) mass is 646 g/mol. The van der Waals surface area contributed by atoms with Crippen LogP contribution in [-0.4, -0.2) is 28.2 Å². The lowest BCUT2D eigenvalue weighted by Gasteiger charge is -2.24. The Kier molecular flexibility index (Phi) is 8.56. The van der Waals surface area contributed by atoms with Gasteiger partial charge in [0.15, 0.2) is 4.80 Å². The van der Waals surface area contributed by atoms with Crippen LogP contribution in [0.25, 0.3) is 6.08 Å². The highest BCUT2D eigenvalue weighted by Gasteiger charge is 2.33. The summed E-state index contributed by atoms with van der Waals surface area (Å²) in [5, 5.41) is 9.07. The van der Waals surface area contributed by atoms with Gasteiger partial charge in [-0.15, -0.1) is 0 Å². The molecule has 0 aliphatic carbocycles. The molecule has 3 aromatic carbocycles. The smallest absolute Gasteiger partial charge is 0.338 e. The SMILES string of the molecule is CCOC(=O)C1=C(C)N=c2s/c(=C/c3ccc(OCc4ccc(C(=O)O)cc4)c(Br)c3)c(=O)n2[C@H]1c1ccc(C)cc1. The minimum absolute atomic E-state index is 0.215. The Labute approximate surface area is 254 Å². The fraction of sp³-hybridized carbons (Fsp3) is 0.188. The van der Waals surface area contributed by atoms with Crippen molar-refractivity contribution in [2.45, 2.75) is 33.4 Å². The number of hydrogen-bond acceptors (Lipinski definition) is 7. The van der Waals surface area contributed by atoms with Gasteiger partial charge in [0.05, 0.1) is 38.5 Å². The summed E-state index contributed by atoms with van der Waals surface area (Å²) in [7, 11) is 0. The maximum atomic E-state index is 13.8. The zero-order valence-electron chi connectivity index (χ0n) is 23.1. The highest BCUT2D eigenvalue weighted by atomic mass is 79.9. The van der Waals surface area contributed by atoms with Crippen molar-refractivity contribution < 1.29 is 24.2 Å². The van der Waals surface area contributed by atoms with Gasteiger partial charge in [-0.25, -0.2) is 14.6 Å². The van der Waals surface area contributed by atoms with E-state index in [4.69, 9.17) is 14.6 Å². The van der Waals surface area contributed by atoms with Crippen LogP contribution in [-0.2, 0) is 16.1 Å². The molecule has 0 saturated heterocycles. The molecule has 2 heterocycles. The Morgan fingerprint density at radius 1 is 1.07 bits per heavy atom. The standard InChI is InChI=1S/C32H27BrN2O6S/c1-4-40-31(39)27-19(3)34-32-35(28(27)22-10-5-18(2)6-11-22)29(36)26(42-32)16-21-9-14-25(24(33)15-21)41-17-20-7-12-23(13-8-20)30(37)38/h5-16,28H,4,17H2,1-3H3,(H,37,38)/b26-16+/t28-/m0/s1. The fourth-order valence-electron chi connectivity index (χ4n) is 4.64. The van der Waals surface area contributed by atoms with Gasteiger partial charge in [0, 0.05) is 0 Å². The Morgan fingerprint density at radius 3 is 2.43 bits per heavy atom. The molecule has 0 amide bonds. The second-order valence-electron chi connectivity index (χ2n) is 9.69. The number of aryl methyl sites for hydroxylation is 1. The van der Waals surface area contributed by atoms with E-state index in [1.54, 1.807) is 42.7 Å². The van der Waals surface area contributed by atoms with Crippen molar-refractivity contribution in [2.75, 3.05) is 6.61 Å². The molecule has 1 aromatic heterocycles. The van der Waals surface area contributed by atoms with E-state index in [-0.39, 0.29) is 24.3 Å². The number of carboxylic acid groups (broad SMARTS) is 1. The first-order valence-electron chi connectivity index (χ1n) is 13.2. The second kappa shape index (κ2) is 12.3. The summed E-state index contributed by atoms with van der Waals surface area (Å²) in [6.45, 7) is 5.97. The van der Waals surface area contributed by atoms with E-state index in [9.17, 15) is 14.4 Å². The Morgan fingerprint density at radius 2 is 1.79 bits per heavy atom. The van der Waals surface area contributed by atoms with Gasteiger partial charge in [-0.2, -0.15) is 0 Å². The first-order valence-corrected chi connectivity index (χ1v) is 14.8. The number of aromatic nitrogens is 1. The maximum absolute atomic E-state index is 13.8. The number of rotatable bonds is 8. The lowest BCUT2D eigenvalue weighted by atomic mass is 9.95. The van der Waals surface area contributed by atoms with Gasteiger partial charge in [-0.1, -0.05) is 59.4 Å². The van der Waals surface area contributed by atoms with E-state index in [2.05, 4.69) is 20.9 Å². The maximum Gasteiger partial charge on any atom is 0.338 e. The summed E-state index contributed by atoms with van der Waals surface area (Å²) in [6, 6.07) is 19.1. The summed E-state index contributed by atoms with van der Waals surface area (Å²) in [5.74, 6) is -0.866. The molecule has 0 unspecified atom stereocenters. The van der Waals surface area contributed by atoms with Gasteiger partial charge >= 0.3 is 11.9 Å². The number of fused-ring (bicyclic) bond motifs is 1. The number of carboxylic acids is 1. The molecule has 214 valence electrons. The predicted molar refractivity (Wildman–Crippen MR) is 163 cm³/mol. The zero-order valence-corrected chi connectivity index (χ0v) is 25.5. The normalized spacial score (nSPS) is 14.8. The molecule has 0 saturated carbocycles. The average Bonchev–Trinajstić information content (AvgIpc) is 3.26. The van der Waals surface area contributed by atoms with Crippen molar-refractivity contribution in [3.63, 3.8) is 0 Å². The van der Waals surface area contributed by atoms with E-state index >= 15 is 0 Å². The lowest BCUT2D eigenvalue weighted by Crippen LogP contribution is -2.39. The molecular formula is C32H27BrN2O6S. The number of hydrogen-bond donors (Lipinski definition) is 1. The Bertz CT molecular complexity index is 1890. The van der Waals surface area contributed by atoms with E-state index in [0.29, 0.717) is 30.8 Å². The molecule has 1 aliphatic rings. The van der Waals surface area contributed by atoms with Crippen LogP contribution in [0.1, 0.15) is 52.5 Å². The van der Waals surface area contributed by atoms with Crippen molar-refractivity contribution in [3.05, 3.63) is 130 Å². The summed E-state index contributed by atoms with van der Waals surface area (Å²) in [4.78, 5) is 43.0. The first-order chi connectivity index (χ1) is 20.2. The fourth-order valence-corrected chi connectivity index (χ4v) is 6.19. The largest absolute Gasteiger partial charge is 0.488 e. The van der Waals surface area contributed by atoms with E-state index in [0.717, 1.165) is 22.3 Å². The van der Waals surface area contributed by atoms with Gasteiger partial charge in [0.1, 0.15) is 12.4 Å². The van der Waals surface area contributed by atoms with E-state index in [1.165, 1.54) is 23.5 Å². The molecule has 0 radical (unpaired) electrons. The van der Waals surface area contributed by atoms with Crippen LogP contribution in [0.4, 0.5) is 0 Å². The number of halogens is 1. The number of nitrogens with zero attached hydrogens (tertiary/aromatic N) is 2. The Balaban J connectivity index is 1.47. The van der Waals surface area contributed by atoms with Gasteiger partial charge in [0.2, 0.25) is 0 Å². The molecule has 1 N–H and O–H groups in total. The summed E-state index contributed by atoms with van der Waals surface area (Å²) < 4.78 is 14.0. The summed E-state index contributed by atoms with van der Waals surface area (Å²) in [6.07, 6.45) is 1.79. The van der Waals surface area contributed by atoms with Crippen LogP contribution in [0, 0.1) is 6.92 Å². The van der Waals surface area contributed by atoms with Crippen LogP contribution < -0.4 is 19.6 Å². The molecule has 1 aliphatic heterocycles. The quantitative estimate of drug-likeness (QED) is 0.266. The lowest BCUT2D eigenvalue weighted by molar-refractivity contribution is -0.139.